The molecule has 0 aliphatic carbocycles. The zero-order valence-corrected chi connectivity index (χ0v) is 41.5. The number of nitrogens with zero attached hydrogens (tertiary/aromatic N) is 10. The molecule has 23 heteroatoms. The molecular weight excluding hydrogens is 956 g/mol. The molecule has 6 rings (SSSR count). The maximum Gasteiger partial charge on any atom is 1.00 e. The average molecular weight is 1010 g/mol. The Kier molecular flexibility index (Phi) is 19.6. The molecule has 18 nitrogen and oxygen atoms in total. The second-order valence-electron chi connectivity index (χ2n) is 14.8. The number of aromatic hydroxyl groups is 2. The van der Waals surface area contributed by atoms with Gasteiger partial charge in [-0.25, -0.2) is 0 Å². The van der Waals surface area contributed by atoms with Crippen LogP contribution >= 0.6 is 38.8 Å². The van der Waals surface area contributed by atoms with Gasteiger partial charge < -0.3 is 10.2 Å². The van der Waals surface area contributed by atoms with Gasteiger partial charge in [-0.15, -0.1) is 20.5 Å². The Hall–Kier alpha value is -4.36. The molecule has 63 heavy (non-hydrogen) atoms. The molecule has 0 unspecified atom stereocenters. The minimum absolute atomic E-state index is 0. The molecular formula is C40H52Cl4N10O8Zn. The van der Waals surface area contributed by atoms with E-state index in [0.29, 0.717) is 35.3 Å². The number of rotatable bonds is 12. The van der Waals surface area contributed by atoms with Crippen molar-refractivity contribution in [3.8, 4) is 11.8 Å². The quantitative estimate of drug-likeness (QED) is 0.0590. The summed E-state index contributed by atoms with van der Waals surface area (Å²) < 4.78 is 2.53. The Labute approximate surface area is 386 Å². The minimum Gasteiger partial charge on any atom is 1.00 e. The number of pyridine rings is 2. The maximum absolute atomic E-state index is 12.8. The van der Waals surface area contributed by atoms with Crippen molar-refractivity contribution in [2.24, 2.45) is 20.5 Å². The second kappa shape index (κ2) is 24.1. The molecule has 2 aromatic heterocycles. The monoisotopic (exact) mass is 1000 g/mol. The van der Waals surface area contributed by atoms with Gasteiger partial charge in [-0.1, -0.05) is 37.1 Å². The fourth-order valence-electron chi connectivity index (χ4n) is 7.21. The molecule has 0 amide bonds. The summed E-state index contributed by atoms with van der Waals surface area (Å²) >= 11 is 0. The van der Waals surface area contributed by atoms with E-state index in [-0.39, 0.29) is 61.8 Å². The first-order valence-electron chi connectivity index (χ1n) is 20.6. The van der Waals surface area contributed by atoms with Crippen LogP contribution in [0.1, 0.15) is 77.5 Å². The van der Waals surface area contributed by atoms with Gasteiger partial charge in [0.15, 0.2) is 34.5 Å². The normalized spacial score (nSPS) is 14.9. The van der Waals surface area contributed by atoms with Crippen molar-refractivity contribution in [1.29, 1.82) is 0 Å². The van der Waals surface area contributed by atoms with Crippen molar-refractivity contribution in [3.05, 3.63) is 112 Å². The van der Waals surface area contributed by atoms with Crippen LogP contribution in [0.3, 0.4) is 0 Å². The molecule has 4 heterocycles. The third-order valence-corrected chi connectivity index (χ3v) is 10.5. The van der Waals surface area contributed by atoms with Crippen molar-refractivity contribution < 1.29 is 33.7 Å². The zero-order valence-electron chi connectivity index (χ0n) is 37.6. The first-order valence-corrected chi connectivity index (χ1v) is 36.2. The van der Waals surface area contributed by atoms with Gasteiger partial charge in [-0.3, -0.25) is 48.8 Å². The Morgan fingerprint density at radius 3 is 1.24 bits per heavy atom. The number of halogens is 4. The van der Waals surface area contributed by atoms with Crippen LogP contribution in [-0.2, 0) is 37.0 Å². The van der Waals surface area contributed by atoms with Crippen LogP contribution in [0.15, 0.2) is 78.6 Å². The molecule has 0 bridgehead atoms. The van der Waals surface area contributed by atoms with Crippen molar-refractivity contribution in [2.75, 3.05) is 26.2 Å². The van der Waals surface area contributed by atoms with Crippen LogP contribution in [-0.4, -0.2) is 65.2 Å². The standard InChI is InChI=1S/2C20H25N5O4.4ClH.Zn/c2*1-3-24-19(26)15(13-23-11-7-4-8-12-23)14(2)18(20(24)27)22-21-16-9-5-6-10-17(16)25(28)29;;;;;/h2*5-6,9-10,26H,3-4,7-8,11-13H2,1-2H3;4*1H;/q;;;;;;+2/p-2. The van der Waals surface area contributed by atoms with E-state index in [2.05, 4.69) is 30.3 Å². The average Bonchev–Trinajstić information content (AvgIpc) is 3.25. The number of benzene rings is 2. The van der Waals surface area contributed by atoms with Gasteiger partial charge in [0.1, 0.15) is 0 Å². The molecule has 2 aliphatic rings. The number of azo groups is 2. The summed E-state index contributed by atoms with van der Waals surface area (Å²) in [6.45, 7) is 12.4. The zero-order chi connectivity index (χ0) is 46.4. The summed E-state index contributed by atoms with van der Waals surface area (Å²) in [5.74, 6) is -0.101. The maximum atomic E-state index is 12.8. The molecule has 0 spiro atoms. The first kappa shape index (κ1) is 51.3. The molecule has 2 N–H and O–H groups in total. The number of nitro groups is 2. The summed E-state index contributed by atoms with van der Waals surface area (Å²) in [5, 5.41) is 59.9. The Morgan fingerprint density at radius 1 is 0.619 bits per heavy atom. The van der Waals surface area contributed by atoms with E-state index in [0.717, 1.165) is 51.9 Å². The van der Waals surface area contributed by atoms with Gasteiger partial charge in [0, 0.05) is 49.4 Å². The third kappa shape index (κ3) is 14.3. The van der Waals surface area contributed by atoms with Gasteiger partial charge in [0.2, 0.25) is 0 Å². The molecule has 0 saturated carbocycles. The Bertz CT molecular complexity index is 2280. The molecule has 4 aromatic rings. The third-order valence-electron chi connectivity index (χ3n) is 10.5. The van der Waals surface area contributed by atoms with Crippen LogP contribution in [0.25, 0.3) is 0 Å². The fourth-order valence-corrected chi connectivity index (χ4v) is 7.21. The number of hydrogen-bond donors (Lipinski definition) is 2. The Balaban J connectivity index is 0.000000394. The molecule has 0 radical (unpaired) electrons. The van der Waals surface area contributed by atoms with Gasteiger partial charge in [-0.05, 0) is 103 Å². The van der Waals surface area contributed by atoms with E-state index in [4.69, 9.17) is 38.8 Å². The summed E-state index contributed by atoms with van der Waals surface area (Å²) in [6.07, 6.45) is 6.83. The molecule has 2 aromatic carbocycles. The van der Waals surface area contributed by atoms with Crippen molar-refractivity contribution >= 4 is 72.9 Å². The van der Waals surface area contributed by atoms with E-state index in [1.807, 2.05) is 0 Å². The van der Waals surface area contributed by atoms with Gasteiger partial charge >= 0.3 is 52.4 Å². The van der Waals surface area contributed by atoms with Crippen LogP contribution in [0.5, 0.6) is 11.8 Å². The van der Waals surface area contributed by atoms with Crippen LogP contribution in [0.4, 0.5) is 34.1 Å². The van der Waals surface area contributed by atoms with E-state index in [9.17, 15) is 40.0 Å². The predicted molar refractivity (Wildman–Crippen MR) is 244 cm³/mol. The van der Waals surface area contributed by atoms with E-state index in [1.165, 1.54) is 46.2 Å². The first-order chi connectivity index (χ1) is 29.9. The molecule has 0 atom stereocenters. The van der Waals surface area contributed by atoms with Gasteiger partial charge in [0.05, 0.1) is 9.85 Å². The topological polar surface area (TPSA) is 227 Å². The summed E-state index contributed by atoms with van der Waals surface area (Å²) in [6, 6.07) is 12.0. The van der Waals surface area contributed by atoms with Crippen LogP contribution < -0.4 is 11.1 Å². The molecule has 340 valence electrons. The largest absolute Gasteiger partial charge is 1.00 e. The van der Waals surface area contributed by atoms with Crippen molar-refractivity contribution in [3.63, 3.8) is 0 Å². The van der Waals surface area contributed by atoms with E-state index in [1.54, 1.807) is 52.0 Å². The predicted octanol–water partition coefficient (Wildman–Crippen LogP) is 11.4. The Morgan fingerprint density at radius 2 is 0.937 bits per heavy atom. The van der Waals surface area contributed by atoms with E-state index >= 15 is 0 Å². The molecule has 2 fully saturated rings. The van der Waals surface area contributed by atoms with Crippen molar-refractivity contribution in [2.45, 2.75) is 92.4 Å². The van der Waals surface area contributed by atoms with Gasteiger partial charge in [0.25, 0.3) is 22.5 Å². The SMILES string of the molecule is CCn1c(O)c(CN2CCCCC2)c(C)c(N=Nc2ccccc2[N+](=O)[O-])c1=O.CCn1c(O)c(CN2CCCCC2)c(C)c(N=Nc2ccccc2[N+](=O)[O-])c1=O.[Cl][Zn-2]([Cl])([Cl])[Cl].[H+].[H+]. The minimum atomic E-state index is -3.36. The molecule has 2 saturated heterocycles. The number of aromatic nitrogens is 2. The summed E-state index contributed by atoms with van der Waals surface area (Å²) in [7, 11) is 16.8. The molecule has 2 aliphatic heterocycles. The summed E-state index contributed by atoms with van der Waals surface area (Å²) in [4.78, 5) is 51.5. The van der Waals surface area contributed by atoms with Crippen LogP contribution in [0, 0.1) is 34.1 Å². The van der Waals surface area contributed by atoms with Gasteiger partial charge in [-0.2, -0.15) is 0 Å². The number of para-hydroxylation sites is 2. The van der Waals surface area contributed by atoms with Crippen LogP contribution in [0.2, 0.25) is 0 Å². The number of piperidine rings is 2. The smallest absolute Gasteiger partial charge is 1.00 e. The number of likely N-dealkylation sites (tertiary alicyclic amines) is 2. The second-order valence-corrected chi connectivity index (χ2v) is 42.6. The van der Waals surface area contributed by atoms with Crippen molar-refractivity contribution in [1.82, 2.24) is 18.9 Å². The fraction of sp³-hybridized carbons (Fsp3) is 0.450. The number of hydrogen-bond acceptors (Lipinski definition) is 14. The van der Waals surface area contributed by atoms with E-state index < -0.39 is 31.8 Å². The summed E-state index contributed by atoms with van der Waals surface area (Å²) in [5.41, 5.74) is 1.41. The number of nitro benzene ring substituents is 2.